The fraction of sp³-hybridized carbons (Fsp3) is 0.444. The fourth-order valence-corrected chi connectivity index (χ4v) is 1.62. The van der Waals surface area contributed by atoms with Crippen LogP contribution in [0.3, 0.4) is 0 Å². The van der Waals surface area contributed by atoms with Crippen molar-refractivity contribution in [1.29, 1.82) is 0 Å². The number of nitrogens with two attached hydrogens (primary N) is 1. The maximum Gasteiger partial charge on any atom is 0.307 e. The van der Waals surface area contributed by atoms with Crippen molar-refractivity contribution >= 4 is 17.0 Å². The van der Waals surface area contributed by atoms with Gasteiger partial charge in [-0.05, 0) is 13.8 Å². The Kier molecular flexibility index (Phi) is 2.07. The molecule has 0 saturated carbocycles. The van der Waals surface area contributed by atoms with Crippen LogP contribution in [0.5, 0.6) is 0 Å². The van der Waals surface area contributed by atoms with Crippen LogP contribution in [0.4, 0.5) is 5.82 Å². The summed E-state index contributed by atoms with van der Waals surface area (Å²) in [5, 5.41) is 0. The number of nitrogens with zero attached hydrogens (tertiary/aromatic N) is 4. The number of hydrogen-bond donors (Lipinski definition) is 1. The highest BCUT2D eigenvalue weighted by Gasteiger charge is 2.17. The molecule has 0 unspecified atom stereocenters. The van der Waals surface area contributed by atoms with E-state index in [2.05, 4.69) is 32.9 Å². The Balaban J connectivity index is 2.82. The maximum absolute atomic E-state index is 5.82. The highest BCUT2D eigenvalue weighted by Crippen LogP contribution is 2.13. The minimum Gasteiger partial charge on any atom is -0.380 e. The minimum absolute atomic E-state index is 0.545. The fourth-order valence-electron chi connectivity index (χ4n) is 1.62. The van der Waals surface area contributed by atoms with Gasteiger partial charge in [0.2, 0.25) is 5.52 Å². The topological polar surface area (TPSA) is 60.6 Å². The lowest BCUT2D eigenvalue weighted by molar-refractivity contribution is -0.670. The van der Waals surface area contributed by atoms with Crippen LogP contribution in [0.25, 0.3) is 11.2 Å². The smallest absolute Gasteiger partial charge is 0.307 e. The van der Waals surface area contributed by atoms with E-state index in [0.717, 1.165) is 24.3 Å². The minimum atomic E-state index is 0.545. The van der Waals surface area contributed by atoms with Crippen LogP contribution >= 0.6 is 0 Å². The SMILES string of the molecule is CCn1c[n+](CC)c2ncnc(N)c21. The van der Waals surface area contributed by atoms with E-state index in [1.54, 1.807) is 0 Å². The summed E-state index contributed by atoms with van der Waals surface area (Å²) in [5.74, 6) is 0.545. The first kappa shape index (κ1) is 8.93. The van der Waals surface area contributed by atoms with E-state index in [4.69, 9.17) is 5.73 Å². The van der Waals surface area contributed by atoms with Crippen LogP contribution in [0, 0.1) is 0 Å². The molecule has 14 heavy (non-hydrogen) atoms. The Morgan fingerprint density at radius 3 is 2.86 bits per heavy atom. The normalized spacial score (nSPS) is 11.0. The summed E-state index contributed by atoms with van der Waals surface area (Å²) in [5.41, 5.74) is 7.65. The van der Waals surface area contributed by atoms with Crippen LogP contribution in [0.2, 0.25) is 0 Å². The largest absolute Gasteiger partial charge is 0.380 e. The molecule has 5 heteroatoms. The number of hydrogen-bond acceptors (Lipinski definition) is 3. The number of imidazole rings is 1. The lowest BCUT2D eigenvalue weighted by atomic mass is 10.5. The summed E-state index contributed by atoms with van der Waals surface area (Å²) in [6.45, 7) is 5.92. The van der Waals surface area contributed by atoms with Gasteiger partial charge in [0.05, 0.1) is 13.1 Å². The standard InChI is InChI=1S/C9H14N5/c1-3-13-6-14(4-2)9-7(13)8(10)11-5-12-9/h5-6H,3-4H2,1-2H3,(H2,10,11,12)/q+1. The van der Waals surface area contributed by atoms with E-state index in [1.165, 1.54) is 6.33 Å². The molecule has 0 aliphatic carbocycles. The number of fused-ring (bicyclic) bond motifs is 1. The first-order chi connectivity index (χ1) is 6.77. The van der Waals surface area contributed by atoms with Gasteiger partial charge in [0.25, 0.3) is 0 Å². The Hall–Kier alpha value is -1.65. The predicted molar refractivity (Wildman–Crippen MR) is 53.5 cm³/mol. The first-order valence-corrected chi connectivity index (χ1v) is 4.76. The molecule has 2 aromatic heterocycles. The molecule has 5 nitrogen and oxygen atoms in total. The zero-order valence-electron chi connectivity index (χ0n) is 8.44. The summed E-state index contributed by atoms with van der Waals surface area (Å²) in [7, 11) is 0. The molecule has 2 aromatic rings. The Morgan fingerprint density at radius 1 is 1.43 bits per heavy atom. The zero-order chi connectivity index (χ0) is 10.1. The molecule has 0 amide bonds. The highest BCUT2D eigenvalue weighted by molar-refractivity contribution is 5.78. The van der Waals surface area contributed by atoms with E-state index in [0.29, 0.717) is 5.82 Å². The van der Waals surface area contributed by atoms with Crippen LogP contribution in [-0.2, 0) is 13.1 Å². The van der Waals surface area contributed by atoms with Gasteiger partial charge in [-0.25, -0.2) is 4.57 Å². The number of rotatable bonds is 2. The maximum atomic E-state index is 5.82. The molecule has 0 saturated heterocycles. The molecule has 0 aliphatic rings. The number of nitrogen functional groups attached to an aromatic ring is 1. The van der Waals surface area contributed by atoms with Gasteiger partial charge in [0.15, 0.2) is 18.5 Å². The predicted octanol–water partition coefficient (Wildman–Crippen LogP) is 0.341. The molecule has 0 fully saturated rings. The monoisotopic (exact) mass is 192 g/mol. The Labute approximate surface area is 82.2 Å². The average molecular weight is 192 g/mol. The highest BCUT2D eigenvalue weighted by atomic mass is 15.2. The summed E-state index contributed by atoms with van der Waals surface area (Å²) in [4.78, 5) is 8.23. The van der Waals surface area contributed by atoms with E-state index < -0.39 is 0 Å². The molecule has 0 bridgehead atoms. The van der Waals surface area contributed by atoms with Crippen molar-refractivity contribution in [2.45, 2.75) is 26.9 Å². The van der Waals surface area contributed by atoms with Crippen molar-refractivity contribution < 1.29 is 4.57 Å². The Bertz CT molecular complexity index is 459. The second-order valence-corrected chi connectivity index (χ2v) is 3.12. The molecular weight excluding hydrogens is 178 g/mol. The molecule has 0 spiro atoms. The molecular formula is C9H14N5+. The molecule has 2 heterocycles. The summed E-state index contributed by atoms with van der Waals surface area (Å²) < 4.78 is 4.13. The second kappa shape index (κ2) is 3.25. The van der Waals surface area contributed by atoms with Gasteiger partial charge in [-0.1, -0.05) is 4.98 Å². The van der Waals surface area contributed by atoms with Gasteiger partial charge in [-0.3, -0.25) is 4.57 Å². The molecule has 2 rings (SSSR count). The lowest BCUT2D eigenvalue weighted by Crippen LogP contribution is -2.31. The van der Waals surface area contributed by atoms with E-state index in [1.807, 2.05) is 6.33 Å². The van der Waals surface area contributed by atoms with Crippen molar-refractivity contribution in [3.8, 4) is 0 Å². The molecule has 0 radical (unpaired) electrons. The third kappa shape index (κ3) is 1.13. The van der Waals surface area contributed by atoms with Crippen molar-refractivity contribution in [2.75, 3.05) is 5.73 Å². The molecule has 0 aromatic carbocycles. The zero-order valence-corrected chi connectivity index (χ0v) is 8.44. The average Bonchev–Trinajstić information content (AvgIpc) is 2.57. The summed E-state index contributed by atoms with van der Waals surface area (Å²) >= 11 is 0. The van der Waals surface area contributed by atoms with E-state index in [9.17, 15) is 0 Å². The van der Waals surface area contributed by atoms with Crippen LogP contribution in [-0.4, -0.2) is 14.5 Å². The van der Waals surface area contributed by atoms with Crippen LogP contribution < -0.4 is 10.3 Å². The van der Waals surface area contributed by atoms with Gasteiger partial charge < -0.3 is 5.73 Å². The van der Waals surface area contributed by atoms with Crippen molar-refractivity contribution in [1.82, 2.24) is 14.5 Å². The molecule has 0 aliphatic heterocycles. The van der Waals surface area contributed by atoms with Gasteiger partial charge >= 0.3 is 5.65 Å². The number of aromatic nitrogens is 4. The van der Waals surface area contributed by atoms with Gasteiger partial charge in [-0.15, -0.1) is 0 Å². The van der Waals surface area contributed by atoms with Crippen LogP contribution in [0.1, 0.15) is 13.8 Å². The van der Waals surface area contributed by atoms with E-state index >= 15 is 0 Å². The van der Waals surface area contributed by atoms with Gasteiger partial charge in [0, 0.05) is 0 Å². The first-order valence-electron chi connectivity index (χ1n) is 4.76. The lowest BCUT2D eigenvalue weighted by Gasteiger charge is -1.93. The van der Waals surface area contributed by atoms with Gasteiger partial charge in [-0.2, -0.15) is 4.98 Å². The summed E-state index contributed by atoms with van der Waals surface area (Å²) in [6, 6.07) is 0. The third-order valence-corrected chi connectivity index (χ3v) is 2.35. The van der Waals surface area contributed by atoms with E-state index in [-0.39, 0.29) is 0 Å². The van der Waals surface area contributed by atoms with Crippen LogP contribution in [0.15, 0.2) is 12.7 Å². The summed E-state index contributed by atoms with van der Waals surface area (Å²) in [6.07, 6.45) is 3.53. The third-order valence-electron chi connectivity index (χ3n) is 2.35. The van der Waals surface area contributed by atoms with Gasteiger partial charge in [0.1, 0.15) is 0 Å². The number of anilines is 1. The van der Waals surface area contributed by atoms with Crippen molar-refractivity contribution in [3.63, 3.8) is 0 Å². The molecule has 0 atom stereocenters. The second-order valence-electron chi connectivity index (χ2n) is 3.12. The van der Waals surface area contributed by atoms with Crippen molar-refractivity contribution in [2.24, 2.45) is 0 Å². The quantitative estimate of drug-likeness (QED) is 0.698. The van der Waals surface area contributed by atoms with Crippen molar-refractivity contribution in [3.05, 3.63) is 12.7 Å². The number of aryl methyl sites for hydroxylation is 2. The Morgan fingerprint density at radius 2 is 2.21 bits per heavy atom. The molecule has 74 valence electrons. The molecule has 2 N–H and O–H groups in total.